The molecule has 0 aliphatic carbocycles. The molecule has 4 N–H and O–H groups in total. The van der Waals surface area contributed by atoms with Crippen LogP contribution in [0, 0.1) is 0 Å². The number of hydrogen-bond acceptors (Lipinski definition) is 4. The van der Waals surface area contributed by atoms with Crippen molar-refractivity contribution in [1.29, 1.82) is 0 Å². The van der Waals surface area contributed by atoms with E-state index in [1.54, 1.807) is 0 Å². The van der Waals surface area contributed by atoms with Gasteiger partial charge in [0.15, 0.2) is 11.5 Å². The molecule has 0 heterocycles. The molecule has 1 rings (SSSR count). The van der Waals surface area contributed by atoms with Gasteiger partial charge in [-0.3, -0.25) is 9.59 Å². The lowest BCUT2D eigenvalue weighted by molar-refractivity contribution is -0.136. The topological polar surface area (TPSA) is 107 Å². The van der Waals surface area contributed by atoms with Crippen LogP contribution in [0.15, 0.2) is 18.2 Å². The second-order valence-electron chi connectivity index (χ2n) is 3.10. The van der Waals surface area contributed by atoms with Gasteiger partial charge in [0.1, 0.15) is 0 Å². The normalized spacial score (nSPS) is 9.75. The zero-order valence-corrected chi connectivity index (χ0v) is 8.30. The van der Waals surface area contributed by atoms with Crippen molar-refractivity contribution in [2.24, 2.45) is 0 Å². The van der Waals surface area contributed by atoms with Gasteiger partial charge in [0.05, 0.1) is 6.42 Å². The summed E-state index contributed by atoms with van der Waals surface area (Å²) in [6.07, 6.45) is -0.171. The average Bonchev–Trinajstić information content (AvgIpc) is 2.21. The van der Waals surface area contributed by atoms with Crippen LogP contribution in [0.2, 0.25) is 0 Å². The Kier molecular flexibility index (Phi) is 3.71. The predicted molar refractivity (Wildman–Crippen MR) is 54.4 cm³/mol. The molecule has 6 heteroatoms. The molecule has 86 valence electrons. The maximum atomic E-state index is 11.4. The van der Waals surface area contributed by atoms with Gasteiger partial charge >= 0.3 is 5.97 Å². The highest BCUT2D eigenvalue weighted by molar-refractivity contribution is 5.95. The van der Waals surface area contributed by atoms with Crippen molar-refractivity contribution < 1.29 is 24.9 Å². The van der Waals surface area contributed by atoms with E-state index in [1.165, 1.54) is 12.1 Å². The molecule has 1 aromatic rings. The largest absolute Gasteiger partial charge is 0.504 e. The molecule has 0 aromatic heterocycles. The number of carboxylic acids is 1. The molecule has 0 atom stereocenters. The van der Waals surface area contributed by atoms with Gasteiger partial charge in [-0.15, -0.1) is 0 Å². The third-order valence-corrected chi connectivity index (χ3v) is 1.86. The van der Waals surface area contributed by atoms with Gasteiger partial charge < -0.3 is 20.6 Å². The molecule has 0 bridgehead atoms. The second kappa shape index (κ2) is 5.01. The third kappa shape index (κ3) is 3.16. The van der Waals surface area contributed by atoms with E-state index in [9.17, 15) is 9.59 Å². The number of rotatable bonds is 4. The lowest BCUT2D eigenvalue weighted by atomic mass is 10.2. The summed E-state index contributed by atoms with van der Waals surface area (Å²) in [6.45, 7) is 0.00973. The van der Waals surface area contributed by atoms with E-state index in [0.29, 0.717) is 0 Å². The van der Waals surface area contributed by atoms with Gasteiger partial charge in [-0.05, 0) is 18.2 Å². The molecule has 0 unspecified atom stereocenters. The molecule has 1 aromatic carbocycles. The molecule has 6 nitrogen and oxygen atoms in total. The van der Waals surface area contributed by atoms with Gasteiger partial charge in [0.25, 0.3) is 5.91 Å². The number of benzene rings is 1. The highest BCUT2D eigenvalue weighted by Crippen LogP contribution is 2.24. The van der Waals surface area contributed by atoms with E-state index in [0.717, 1.165) is 6.07 Å². The number of hydrogen-bond donors (Lipinski definition) is 4. The van der Waals surface area contributed by atoms with E-state index >= 15 is 0 Å². The Labute approximate surface area is 91.1 Å². The van der Waals surface area contributed by atoms with E-state index in [4.69, 9.17) is 15.3 Å². The van der Waals surface area contributed by atoms with Crippen LogP contribution in [0.1, 0.15) is 16.8 Å². The zero-order chi connectivity index (χ0) is 12.1. The van der Waals surface area contributed by atoms with Crippen molar-refractivity contribution in [2.75, 3.05) is 6.54 Å². The number of aliphatic carboxylic acids is 1. The van der Waals surface area contributed by atoms with E-state index in [2.05, 4.69) is 5.32 Å². The number of carboxylic acid groups (broad SMARTS) is 1. The van der Waals surface area contributed by atoms with Gasteiger partial charge in [0, 0.05) is 12.1 Å². The fourth-order valence-electron chi connectivity index (χ4n) is 1.05. The lowest BCUT2D eigenvalue weighted by Crippen LogP contribution is -2.25. The van der Waals surface area contributed by atoms with E-state index in [-0.39, 0.29) is 24.3 Å². The first-order valence-corrected chi connectivity index (χ1v) is 4.52. The van der Waals surface area contributed by atoms with Crippen LogP contribution in [0.25, 0.3) is 0 Å². The van der Waals surface area contributed by atoms with Crippen molar-refractivity contribution in [3.8, 4) is 11.5 Å². The van der Waals surface area contributed by atoms with Crippen molar-refractivity contribution in [2.45, 2.75) is 6.42 Å². The fourth-order valence-corrected chi connectivity index (χ4v) is 1.05. The van der Waals surface area contributed by atoms with Crippen LogP contribution in [0.3, 0.4) is 0 Å². The monoisotopic (exact) mass is 225 g/mol. The Balaban J connectivity index is 2.59. The Morgan fingerprint density at radius 2 is 1.88 bits per heavy atom. The highest BCUT2D eigenvalue weighted by Gasteiger charge is 2.08. The van der Waals surface area contributed by atoms with Crippen molar-refractivity contribution >= 4 is 11.9 Å². The quantitative estimate of drug-likeness (QED) is 0.551. The summed E-state index contributed by atoms with van der Waals surface area (Å²) in [5, 5.41) is 28.9. The van der Waals surface area contributed by atoms with Crippen molar-refractivity contribution in [3.05, 3.63) is 23.8 Å². The first kappa shape index (κ1) is 11.8. The van der Waals surface area contributed by atoms with Crippen molar-refractivity contribution in [3.63, 3.8) is 0 Å². The molecule has 0 saturated heterocycles. The Morgan fingerprint density at radius 1 is 1.19 bits per heavy atom. The molecule has 0 saturated carbocycles. The van der Waals surface area contributed by atoms with Crippen molar-refractivity contribution in [1.82, 2.24) is 5.32 Å². The number of nitrogens with one attached hydrogen (secondary N) is 1. The van der Waals surface area contributed by atoms with Crippen LogP contribution < -0.4 is 5.32 Å². The molecule has 0 aliphatic rings. The summed E-state index contributed by atoms with van der Waals surface area (Å²) in [4.78, 5) is 21.6. The van der Waals surface area contributed by atoms with Gasteiger partial charge in [-0.1, -0.05) is 0 Å². The highest BCUT2D eigenvalue weighted by atomic mass is 16.4. The van der Waals surface area contributed by atoms with Crippen LogP contribution in [0.4, 0.5) is 0 Å². The molecule has 0 fully saturated rings. The number of aromatic hydroxyl groups is 2. The molecule has 0 spiro atoms. The average molecular weight is 225 g/mol. The standard InChI is InChI=1S/C10H11NO5/c12-7-2-1-6(5-8(7)13)10(16)11-4-3-9(14)15/h1-2,5,12-13H,3-4H2,(H,11,16)(H,14,15). The minimum absolute atomic E-state index is 0.00973. The minimum Gasteiger partial charge on any atom is -0.504 e. The number of amides is 1. The molecular weight excluding hydrogens is 214 g/mol. The number of carbonyl (C=O) groups excluding carboxylic acids is 1. The molecule has 16 heavy (non-hydrogen) atoms. The van der Waals surface area contributed by atoms with Crippen LogP contribution >= 0.6 is 0 Å². The smallest absolute Gasteiger partial charge is 0.305 e. The fraction of sp³-hybridized carbons (Fsp3) is 0.200. The summed E-state index contributed by atoms with van der Waals surface area (Å²) in [6, 6.07) is 3.61. The Bertz CT molecular complexity index is 416. The summed E-state index contributed by atoms with van der Waals surface area (Å²) < 4.78 is 0. The maximum absolute atomic E-state index is 11.4. The first-order valence-electron chi connectivity index (χ1n) is 4.52. The summed E-state index contributed by atoms with van der Waals surface area (Å²) in [7, 11) is 0. The number of carbonyl (C=O) groups is 2. The summed E-state index contributed by atoms with van der Waals surface area (Å²) in [5.41, 5.74) is 0.153. The Morgan fingerprint density at radius 3 is 2.44 bits per heavy atom. The van der Waals surface area contributed by atoms with Gasteiger partial charge in [-0.25, -0.2) is 0 Å². The molecule has 0 radical (unpaired) electrons. The summed E-state index contributed by atoms with van der Waals surface area (Å²) >= 11 is 0. The van der Waals surface area contributed by atoms with E-state index in [1.807, 2.05) is 0 Å². The SMILES string of the molecule is O=C(O)CCNC(=O)c1ccc(O)c(O)c1. The van der Waals surface area contributed by atoms with Crippen LogP contribution in [-0.2, 0) is 4.79 Å². The van der Waals surface area contributed by atoms with E-state index < -0.39 is 17.6 Å². The Hall–Kier alpha value is -2.24. The molecule has 0 aliphatic heterocycles. The lowest BCUT2D eigenvalue weighted by Gasteiger charge is -2.04. The molecular formula is C10H11NO5. The van der Waals surface area contributed by atoms with Gasteiger partial charge in [-0.2, -0.15) is 0 Å². The summed E-state index contributed by atoms with van der Waals surface area (Å²) in [5.74, 6) is -2.22. The first-order chi connectivity index (χ1) is 7.50. The predicted octanol–water partition coefficient (Wildman–Crippen LogP) is 0.302. The number of phenolic OH excluding ortho intramolecular Hbond substituents is 2. The minimum atomic E-state index is -1.01. The van der Waals surface area contributed by atoms with Crippen LogP contribution in [-0.4, -0.2) is 33.7 Å². The van der Waals surface area contributed by atoms with Gasteiger partial charge in [0.2, 0.25) is 0 Å². The third-order valence-electron chi connectivity index (χ3n) is 1.86. The maximum Gasteiger partial charge on any atom is 0.305 e. The second-order valence-corrected chi connectivity index (χ2v) is 3.10. The number of phenols is 2. The van der Waals surface area contributed by atoms with Crippen LogP contribution in [0.5, 0.6) is 11.5 Å². The molecule has 1 amide bonds. The zero-order valence-electron chi connectivity index (χ0n) is 8.30.